The Morgan fingerprint density at radius 2 is 2.00 bits per heavy atom. The lowest BCUT2D eigenvalue weighted by atomic mass is 10.3. The molecule has 0 aliphatic rings. The summed E-state index contributed by atoms with van der Waals surface area (Å²) in [6, 6.07) is 6.99. The Labute approximate surface area is 101 Å². The first-order chi connectivity index (χ1) is 8.09. The average molecular weight is 249 g/mol. The smallest absolute Gasteiger partial charge is 0.300 e. The molecule has 0 atom stereocenters. The third kappa shape index (κ3) is 2.34. The standard InChI is InChI=1S/C12H11NO3S/c1-8(14)6-7-13-11(15)9-4-2-3-5-10(9)17-12(13)16/h2-5H,6-7H2,1H3. The van der Waals surface area contributed by atoms with Crippen LogP contribution in [0.2, 0.25) is 0 Å². The molecule has 2 aromatic rings. The minimum atomic E-state index is -0.314. The van der Waals surface area contributed by atoms with E-state index in [2.05, 4.69) is 0 Å². The van der Waals surface area contributed by atoms with Gasteiger partial charge in [-0.15, -0.1) is 0 Å². The van der Waals surface area contributed by atoms with E-state index in [0.717, 1.165) is 15.9 Å². The summed E-state index contributed by atoms with van der Waals surface area (Å²) in [4.78, 5) is 34.3. The van der Waals surface area contributed by atoms with Crippen molar-refractivity contribution >= 4 is 27.2 Å². The maximum Gasteiger partial charge on any atom is 0.310 e. The third-order valence-corrected chi connectivity index (χ3v) is 3.44. The van der Waals surface area contributed by atoms with Gasteiger partial charge in [0, 0.05) is 17.7 Å². The summed E-state index contributed by atoms with van der Waals surface area (Å²) in [7, 11) is 0. The van der Waals surface area contributed by atoms with E-state index in [1.54, 1.807) is 24.3 Å². The van der Waals surface area contributed by atoms with Gasteiger partial charge in [0.05, 0.1) is 5.39 Å². The van der Waals surface area contributed by atoms with E-state index < -0.39 is 0 Å². The van der Waals surface area contributed by atoms with Crippen LogP contribution in [0.25, 0.3) is 10.1 Å². The highest BCUT2D eigenvalue weighted by atomic mass is 32.1. The van der Waals surface area contributed by atoms with Crippen molar-refractivity contribution in [3.63, 3.8) is 0 Å². The number of carbonyl (C=O) groups is 1. The van der Waals surface area contributed by atoms with Gasteiger partial charge in [0.1, 0.15) is 5.78 Å². The first kappa shape index (κ1) is 11.7. The minimum Gasteiger partial charge on any atom is -0.300 e. The molecule has 17 heavy (non-hydrogen) atoms. The second-order valence-corrected chi connectivity index (χ2v) is 4.77. The van der Waals surface area contributed by atoms with Gasteiger partial charge in [-0.2, -0.15) is 0 Å². The lowest BCUT2D eigenvalue weighted by Crippen LogP contribution is -2.31. The first-order valence-electron chi connectivity index (χ1n) is 5.21. The van der Waals surface area contributed by atoms with Crippen LogP contribution in [0, 0.1) is 0 Å². The molecule has 0 radical (unpaired) electrons. The fourth-order valence-corrected chi connectivity index (χ4v) is 2.46. The molecule has 0 N–H and O–H groups in total. The number of nitrogens with zero attached hydrogens (tertiary/aromatic N) is 1. The van der Waals surface area contributed by atoms with Crippen molar-refractivity contribution in [3.05, 3.63) is 44.3 Å². The quantitative estimate of drug-likeness (QED) is 0.826. The van der Waals surface area contributed by atoms with E-state index in [4.69, 9.17) is 0 Å². The number of hydrogen-bond acceptors (Lipinski definition) is 4. The Bertz CT molecular complexity index is 684. The monoisotopic (exact) mass is 249 g/mol. The number of aromatic nitrogens is 1. The number of ketones is 1. The Kier molecular flexibility index (Phi) is 3.19. The second kappa shape index (κ2) is 4.63. The Balaban J connectivity index is 2.60. The number of fused-ring (bicyclic) bond motifs is 1. The second-order valence-electron chi connectivity index (χ2n) is 3.77. The van der Waals surface area contributed by atoms with Crippen LogP contribution in [0.1, 0.15) is 13.3 Å². The highest BCUT2D eigenvalue weighted by Crippen LogP contribution is 2.10. The molecule has 0 spiro atoms. The van der Waals surface area contributed by atoms with Crippen LogP contribution in [-0.2, 0) is 11.3 Å². The molecule has 1 aromatic carbocycles. The zero-order valence-corrected chi connectivity index (χ0v) is 10.1. The fourth-order valence-electron chi connectivity index (χ4n) is 1.57. The molecule has 1 aromatic heterocycles. The molecule has 0 saturated carbocycles. The summed E-state index contributed by atoms with van der Waals surface area (Å²) in [5.41, 5.74) is -0.314. The SMILES string of the molecule is CC(=O)CCn1c(=O)sc2ccccc2c1=O. The van der Waals surface area contributed by atoms with E-state index in [1.807, 2.05) is 0 Å². The number of benzene rings is 1. The maximum absolute atomic E-state index is 12.0. The largest absolute Gasteiger partial charge is 0.310 e. The molecule has 0 unspecified atom stereocenters. The molecule has 0 aliphatic heterocycles. The van der Waals surface area contributed by atoms with Crippen molar-refractivity contribution in [2.45, 2.75) is 19.9 Å². The van der Waals surface area contributed by atoms with E-state index in [-0.39, 0.29) is 29.2 Å². The third-order valence-electron chi connectivity index (χ3n) is 2.47. The maximum atomic E-state index is 12.0. The number of hydrogen-bond donors (Lipinski definition) is 0. The van der Waals surface area contributed by atoms with Gasteiger partial charge in [-0.25, -0.2) is 0 Å². The molecule has 5 heteroatoms. The van der Waals surface area contributed by atoms with Gasteiger partial charge in [0.2, 0.25) is 0 Å². The van der Waals surface area contributed by atoms with Crippen LogP contribution < -0.4 is 10.4 Å². The van der Waals surface area contributed by atoms with Crippen molar-refractivity contribution in [1.82, 2.24) is 4.57 Å². The van der Waals surface area contributed by atoms with Gasteiger partial charge in [-0.05, 0) is 19.1 Å². The normalized spacial score (nSPS) is 10.6. The van der Waals surface area contributed by atoms with Gasteiger partial charge >= 0.3 is 4.87 Å². The Morgan fingerprint density at radius 1 is 1.29 bits per heavy atom. The van der Waals surface area contributed by atoms with Crippen molar-refractivity contribution in [2.75, 3.05) is 0 Å². The molecular formula is C12H11NO3S. The fraction of sp³-hybridized carbons (Fsp3) is 0.250. The lowest BCUT2D eigenvalue weighted by Gasteiger charge is -2.03. The van der Waals surface area contributed by atoms with E-state index >= 15 is 0 Å². The van der Waals surface area contributed by atoms with Crippen LogP contribution in [0.5, 0.6) is 0 Å². The first-order valence-corrected chi connectivity index (χ1v) is 6.03. The van der Waals surface area contributed by atoms with Crippen molar-refractivity contribution < 1.29 is 4.79 Å². The van der Waals surface area contributed by atoms with Crippen LogP contribution in [-0.4, -0.2) is 10.4 Å². The van der Waals surface area contributed by atoms with Crippen molar-refractivity contribution in [1.29, 1.82) is 0 Å². The minimum absolute atomic E-state index is 0.0329. The Hall–Kier alpha value is -1.75. The topological polar surface area (TPSA) is 56.1 Å². The van der Waals surface area contributed by atoms with E-state index in [9.17, 15) is 14.4 Å². The summed E-state index contributed by atoms with van der Waals surface area (Å²) >= 11 is 1.03. The molecule has 0 aliphatic carbocycles. The molecule has 0 amide bonds. The van der Waals surface area contributed by atoms with Gasteiger partial charge in [0.25, 0.3) is 5.56 Å². The molecule has 0 fully saturated rings. The van der Waals surface area contributed by atoms with Gasteiger partial charge < -0.3 is 0 Å². The van der Waals surface area contributed by atoms with Gasteiger partial charge in [-0.1, -0.05) is 23.5 Å². The van der Waals surface area contributed by atoms with Gasteiger partial charge in [0.15, 0.2) is 0 Å². The summed E-state index contributed by atoms with van der Waals surface area (Å²) in [6.45, 7) is 1.61. The van der Waals surface area contributed by atoms with E-state index in [0.29, 0.717) is 10.1 Å². The molecule has 88 valence electrons. The number of carbonyl (C=O) groups excluding carboxylic acids is 1. The zero-order valence-electron chi connectivity index (χ0n) is 9.30. The zero-order chi connectivity index (χ0) is 12.4. The molecule has 0 saturated heterocycles. The summed E-state index contributed by atoms with van der Waals surface area (Å²) in [5.74, 6) is -0.0329. The summed E-state index contributed by atoms with van der Waals surface area (Å²) in [6.07, 6.45) is 0.209. The van der Waals surface area contributed by atoms with Crippen LogP contribution >= 0.6 is 11.3 Å². The highest BCUT2D eigenvalue weighted by molar-refractivity contribution is 7.16. The Morgan fingerprint density at radius 3 is 2.71 bits per heavy atom. The number of rotatable bonds is 3. The van der Waals surface area contributed by atoms with E-state index in [1.165, 1.54) is 6.92 Å². The molecule has 1 heterocycles. The van der Waals surface area contributed by atoms with Gasteiger partial charge in [-0.3, -0.25) is 19.0 Å². The van der Waals surface area contributed by atoms with Crippen molar-refractivity contribution in [2.24, 2.45) is 0 Å². The van der Waals surface area contributed by atoms with Crippen LogP contribution in [0.15, 0.2) is 33.9 Å². The van der Waals surface area contributed by atoms with Crippen LogP contribution in [0.4, 0.5) is 0 Å². The molecule has 4 nitrogen and oxygen atoms in total. The summed E-state index contributed by atoms with van der Waals surface area (Å²) < 4.78 is 1.82. The number of Topliss-reactive ketones (excluding diaryl/α,β-unsaturated/α-hetero) is 1. The highest BCUT2D eigenvalue weighted by Gasteiger charge is 2.07. The lowest BCUT2D eigenvalue weighted by molar-refractivity contribution is -0.117. The predicted octanol–water partition coefficient (Wildman–Crippen LogP) is 1.40. The molecule has 0 bridgehead atoms. The average Bonchev–Trinajstić information content (AvgIpc) is 2.28. The van der Waals surface area contributed by atoms with Crippen molar-refractivity contribution in [3.8, 4) is 0 Å². The van der Waals surface area contributed by atoms with Crippen LogP contribution in [0.3, 0.4) is 0 Å². The predicted molar refractivity (Wildman–Crippen MR) is 67.7 cm³/mol. The summed E-state index contributed by atoms with van der Waals surface area (Å²) in [5, 5.41) is 0.528. The molecule has 2 rings (SSSR count). The molecular weight excluding hydrogens is 238 g/mol.